The molecule has 134 valence electrons. The van der Waals surface area contributed by atoms with Gasteiger partial charge in [-0.3, -0.25) is 9.59 Å². The number of esters is 2. The van der Waals surface area contributed by atoms with Crippen molar-refractivity contribution in [1.29, 1.82) is 0 Å². The van der Waals surface area contributed by atoms with E-state index in [2.05, 4.69) is 6.92 Å². The van der Waals surface area contributed by atoms with Crippen LogP contribution in [0.5, 0.6) is 0 Å². The molecule has 0 amide bonds. The second-order valence-corrected chi connectivity index (χ2v) is 6.21. The van der Waals surface area contributed by atoms with Crippen LogP contribution in [0, 0.1) is 0 Å². The lowest BCUT2D eigenvalue weighted by Crippen LogP contribution is -2.08. The number of hydrogen-bond donors (Lipinski definition) is 0. The molecule has 0 aliphatic rings. The van der Waals surface area contributed by atoms with Crippen LogP contribution >= 0.6 is 11.6 Å². The van der Waals surface area contributed by atoms with Crippen molar-refractivity contribution in [2.75, 3.05) is 6.61 Å². The van der Waals surface area contributed by atoms with E-state index in [-0.39, 0.29) is 31.4 Å². The summed E-state index contributed by atoms with van der Waals surface area (Å²) >= 11 is 5.79. The topological polar surface area (TPSA) is 52.6 Å². The molecule has 24 heavy (non-hydrogen) atoms. The van der Waals surface area contributed by atoms with Gasteiger partial charge in [0.2, 0.25) is 0 Å². The minimum atomic E-state index is -0.308. The highest BCUT2D eigenvalue weighted by molar-refractivity contribution is 6.30. The van der Waals surface area contributed by atoms with Crippen LogP contribution in [0.4, 0.5) is 0 Å². The molecule has 5 heteroatoms. The maximum Gasteiger partial charge on any atom is 0.306 e. The Morgan fingerprint density at radius 2 is 1.50 bits per heavy atom. The Morgan fingerprint density at radius 1 is 0.875 bits per heavy atom. The van der Waals surface area contributed by atoms with Crippen molar-refractivity contribution in [3.8, 4) is 0 Å². The fourth-order valence-corrected chi connectivity index (χ4v) is 2.28. The summed E-state index contributed by atoms with van der Waals surface area (Å²) in [6.45, 7) is 2.86. The molecule has 0 saturated heterocycles. The smallest absolute Gasteiger partial charge is 0.306 e. The molecule has 0 saturated carbocycles. The largest absolute Gasteiger partial charge is 0.466 e. The molecule has 1 aromatic carbocycles. The average Bonchev–Trinajstić information content (AvgIpc) is 2.57. The summed E-state index contributed by atoms with van der Waals surface area (Å²) in [4.78, 5) is 23.2. The van der Waals surface area contributed by atoms with E-state index in [1.54, 1.807) is 12.1 Å². The molecular weight excluding hydrogens is 328 g/mol. The van der Waals surface area contributed by atoms with Crippen molar-refractivity contribution >= 4 is 23.5 Å². The molecule has 0 aliphatic carbocycles. The molecule has 1 rings (SSSR count). The van der Waals surface area contributed by atoms with Gasteiger partial charge in [-0.05, 0) is 30.5 Å². The Hall–Kier alpha value is -1.55. The van der Waals surface area contributed by atoms with Crippen LogP contribution in [0.3, 0.4) is 0 Å². The lowest BCUT2D eigenvalue weighted by molar-refractivity contribution is -0.146. The van der Waals surface area contributed by atoms with Gasteiger partial charge in [0, 0.05) is 17.9 Å². The van der Waals surface area contributed by atoms with Crippen LogP contribution in [0.25, 0.3) is 0 Å². The third kappa shape index (κ3) is 10.3. The fourth-order valence-electron chi connectivity index (χ4n) is 2.16. The summed E-state index contributed by atoms with van der Waals surface area (Å²) < 4.78 is 10.3. The summed E-state index contributed by atoms with van der Waals surface area (Å²) in [6, 6.07) is 7.13. The third-order valence-corrected chi connectivity index (χ3v) is 3.84. The van der Waals surface area contributed by atoms with Crippen LogP contribution in [0.15, 0.2) is 24.3 Å². The summed E-state index contributed by atoms with van der Waals surface area (Å²) in [5.41, 5.74) is 0.884. The second-order valence-electron chi connectivity index (χ2n) is 5.78. The van der Waals surface area contributed by atoms with Gasteiger partial charge in [-0.2, -0.15) is 0 Å². The predicted octanol–water partition coefficient (Wildman–Crippen LogP) is 5.07. The Kier molecular flexibility index (Phi) is 10.9. The van der Waals surface area contributed by atoms with E-state index in [0.717, 1.165) is 18.4 Å². The Bertz CT molecular complexity index is 485. The average molecular weight is 355 g/mol. The van der Waals surface area contributed by atoms with Gasteiger partial charge in [0.25, 0.3) is 0 Å². The minimum Gasteiger partial charge on any atom is -0.466 e. The molecule has 0 heterocycles. The first kappa shape index (κ1) is 20.5. The normalized spacial score (nSPS) is 10.4. The van der Waals surface area contributed by atoms with Crippen LogP contribution in [-0.2, 0) is 25.7 Å². The first-order valence-corrected chi connectivity index (χ1v) is 9.05. The molecule has 0 spiro atoms. The van der Waals surface area contributed by atoms with E-state index in [0.29, 0.717) is 18.1 Å². The van der Waals surface area contributed by atoms with E-state index in [9.17, 15) is 9.59 Å². The third-order valence-electron chi connectivity index (χ3n) is 3.59. The molecule has 0 fully saturated rings. The lowest BCUT2D eigenvalue weighted by Gasteiger charge is -2.06. The molecule has 1 aromatic rings. The Labute approximate surface area is 149 Å². The first-order valence-electron chi connectivity index (χ1n) is 8.67. The van der Waals surface area contributed by atoms with Crippen LogP contribution in [-0.4, -0.2) is 18.5 Å². The molecule has 0 aromatic heterocycles. The fraction of sp³-hybridized carbons (Fsp3) is 0.579. The number of hydrogen-bond acceptors (Lipinski definition) is 4. The Balaban J connectivity index is 2.01. The molecule has 4 nitrogen and oxygen atoms in total. The molecule has 0 unspecified atom stereocenters. The number of ether oxygens (including phenoxy) is 2. The maximum atomic E-state index is 11.6. The maximum absolute atomic E-state index is 11.6. The van der Waals surface area contributed by atoms with Crippen LogP contribution in [0.1, 0.15) is 63.9 Å². The number of unbranched alkanes of at least 4 members (excludes halogenated alkanes) is 4. The SMILES string of the molecule is CCCCCCCOC(=O)CCCC(=O)OCc1ccc(Cl)cc1. The monoisotopic (exact) mass is 354 g/mol. The Morgan fingerprint density at radius 3 is 2.17 bits per heavy atom. The van der Waals surface area contributed by atoms with E-state index in [1.165, 1.54) is 19.3 Å². The van der Waals surface area contributed by atoms with Gasteiger partial charge in [0.05, 0.1) is 6.61 Å². The number of benzene rings is 1. The van der Waals surface area contributed by atoms with Crippen molar-refractivity contribution in [3.63, 3.8) is 0 Å². The van der Waals surface area contributed by atoms with Gasteiger partial charge in [0.1, 0.15) is 6.61 Å². The van der Waals surface area contributed by atoms with Gasteiger partial charge in [-0.15, -0.1) is 0 Å². The van der Waals surface area contributed by atoms with Gasteiger partial charge < -0.3 is 9.47 Å². The minimum absolute atomic E-state index is 0.220. The van der Waals surface area contributed by atoms with Gasteiger partial charge >= 0.3 is 11.9 Å². The van der Waals surface area contributed by atoms with Gasteiger partial charge in [-0.1, -0.05) is 56.3 Å². The molecular formula is C19H27ClO4. The standard InChI is InChI=1S/C19H27ClO4/c1-2-3-4-5-6-14-23-18(21)8-7-9-19(22)24-15-16-10-12-17(20)13-11-16/h10-13H,2-9,14-15H2,1H3. The number of carbonyl (C=O) groups excluding carboxylic acids is 2. The number of rotatable bonds is 12. The molecule has 0 aliphatic heterocycles. The summed E-state index contributed by atoms with van der Waals surface area (Å²) in [6.07, 6.45) is 6.55. The number of halogens is 1. The quantitative estimate of drug-likeness (QED) is 0.388. The van der Waals surface area contributed by atoms with E-state index < -0.39 is 0 Å². The molecule has 0 atom stereocenters. The van der Waals surface area contributed by atoms with Crippen LogP contribution < -0.4 is 0 Å². The zero-order valence-electron chi connectivity index (χ0n) is 14.4. The van der Waals surface area contributed by atoms with Crippen molar-refractivity contribution in [3.05, 3.63) is 34.9 Å². The van der Waals surface area contributed by atoms with Crippen LogP contribution in [0.2, 0.25) is 5.02 Å². The van der Waals surface area contributed by atoms with Crippen molar-refractivity contribution < 1.29 is 19.1 Å². The summed E-state index contributed by atoms with van der Waals surface area (Å²) in [5, 5.41) is 0.647. The molecule has 0 bridgehead atoms. The summed E-state index contributed by atoms with van der Waals surface area (Å²) in [7, 11) is 0. The number of carbonyl (C=O) groups is 2. The summed E-state index contributed by atoms with van der Waals surface area (Å²) in [5.74, 6) is -0.548. The molecule has 0 radical (unpaired) electrons. The van der Waals surface area contributed by atoms with Crippen molar-refractivity contribution in [2.45, 2.75) is 64.9 Å². The zero-order chi connectivity index (χ0) is 17.6. The van der Waals surface area contributed by atoms with Crippen molar-refractivity contribution in [2.24, 2.45) is 0 Å². The van der Waals surface area contributed by atoms with Gasteiger partial charge in [0.15, 0.2) is 0 Å². The lowest BCUT2D eigenvalue weighted by atomic mass is 10.2. The zero-order valence-corrected chi connectivity index (χ0v) is 15.1. The van der Waals surface area contributed by atoms with E-state index in [1.807, 2.05) is 12.1 Å². The first-order chi connectivity index (χ1) is 11.6. The van der Waals surface area contributed by atoms with Gasteiger partial charge in [-0.25, -0.2) is 0 Å². The highest BCUT2D eigenvalue weighted by Gasteiger charge is 2.07. The van der Waals surface area contributed by atoms with Crippen molar-refractivity contribution in [1.82, 2.24) is 0 Å². The second kappa shape index (κ2) is 12.8. The predicted molar refractivity (Wildman–Crippen MR) is 94.8 cm³/mol. The van der Waals surface area contributed by atoms with E-state index in [4.69, 9.17) is 21.1 Å². The highest BCUT2D eigenvalue weighted by atomic mass is 35.5. The van der Waals surface area contributed by atoms with E-state index >= 15 is 0 Å². The highest BCUT2D eigenvalue weighted by Crippen LogP contribution is 2.11. The molecule has 0 N–H and O–H groups in total.